The van der Waals surface area contributed by atoms with Crippen molar-refractivity contribution in [3.8, 4) is 0 Å². The van der Waals surface area contributed by atoms with E-state index >= 15 is 0 Å². The summed E-state index contributed by atoms with van der Waals surface area (Å²) >= 11 is 0. The number of carbonyl (C=O) groups is 2. The van der Waals surface area contributed by atoms with Crippen LogP contribution in [0.2, 0.25) is 0 Å². The summed E-state index contributed by atoms with van der Waals surface area (Å²) in [7, 11) is 0. The summed E-state index contributed by atoms with van der Waals surface area (Å²) in [5.41, 5.74) is 0.452. The molecule has 1 aromatic carbocycles. The second-order valence-corrected chi connectivity index (χ2v) is 6.82. The molecule has 0 aliphatic carbocycles. The van der Waals surface area contributed by atoms with Gasteiger partial charge in [-0.1, -0.05) is 43.7 Å². The van der Waals surface area contributed by atoms with Gasteiger partial charge in [-0.2, -0.15) is 0 Å². The van der Waals surface area contributed by atoms with E-state index in [1.54, 1.807) is 0 Å². The Labute approximate surface area is 144 Å². The maximum atomic E-state index is 11.9. The number of hydrogen-bond acceptors (Lipinski definition) is 4. The van der Waals surface area contributed by atoms with Crippen LogP contribution in [0.15, 0.2) is 30.3 Å². The van der Waals surface area contributed by atoms with Crippen LogP contribution in [-0.4, -0.2) is 23.7 Å². The molecule has 5 nitrogen and oxygen atoms in total. The number of nitrogens with one attached hydrogen (secondary N) is 1. The lowest BCUT2D eigenvalue weighted by Crippen LogP contribution is -2.36. The number of esters is 1. The average Bonchev–Trinajstić information content (AvgIpc) is 2.50. The van der Waals surface area contributed by atoms with Crippen LogP contribution in [0.25, 0.3) is 0 Å². The van der Waals surface area contributed by atoms with Crippen LogP contribution >= 0.6 is 0 Å². The van der Waals surface area contributed by atoms with E-state index in [1.165, 1.54) is 0 Å². The van der Waals surface area contributed by atoms with Crippen LogP contribution in [0.5, 0.6) is 0 Å². The Morgan fingerprint density at radius 1 is 1.12 bits per heavy atom. The fourth-order valence-electron chi connectivity index (χ4n) is 2.25. The van der Waals surface area contributed by atoms with E-state index in [0.29, 0.717) is 6.42 Å². The van der Waals surface area contributed by atoms with Gasteiger partial charge in [0.1, 0.15) is 12.2 Å². The van der Waals surface area contributed by atoms with E-state index in [1.807, 2.05) is 58.0 Å². The highest BCUT2D eigenvalue weighted by Gasteiger charge is 2.19. The highest BCUT2D eigenvalue weighted by atomic mass is 16.6. The molecule has 0 radical (unpaired) electrons. The molecule has 1 atom stereocenters. The van der Waals surface area contributed by atoms with Crippen LogP contribution in [-0.2, 0) is 20.9 Å². The van der Waals surface area contributed by atoms with Gasteiger partial charge in [0.2, 0.25) is 0 Å². The first-order valence-electron chi connectivity index (χ1n) is 8.49. The molecule has 1 unspecified atom stereocenters. The summed E-state index contributed by atoms with van der Waals surface area (Å²) in [5, 5.41) is 2.84. The van der Waals surface area contributed by atoms with Crippen LogP contribution in [0, 0.1) is 0 Å². The zero-order valence-electron chi connectivity index (χ0n) is 15.1. The molecule has 0 bridgehead atoms. The highest BCUT2D eigenvalue weighted by Crippen LogP contribution is 2.12. The van der Waals surface area contributed by atoms with Gasteiger partial charge in [-0.25, -0.2) is 4.79 Å². The van der Waals surface area contributed by atoms with Gasteiger partial charge >= 0.3 is 12.1 Å². The third-order valence-corrected chi connectivity index (χ3v) is 3.29. The number of hydrogen-bond donors (Lipinski definition) is 1. The van der Waals surface area contributed by atoms with Crippen molar-refractivity contribution in [2.75, 3.05) is 0 Å². The smallest absolute Gasteiger partial charge is 0.407 e. The van der Waals surface area contributed by atoms with Gasteiger partial charge in [0, 0.05) is 12.5 Å². The molecule has 1 N–H and O–H groups in total. The van der Waals surface area contributed by atoms with Crippen LogP contribution in [0.4, 0.5) is 4.79 Å². The number of amides is 1. The SMILES string of the molecule is CCCC(CCC(=O)OC(C)(C)C)NC(=O)OCc1ccccc1. The quantitative estimate of drug-likeness (QED) is 0.723. The van der Waals surface area contributed by atoms with Crippen molar-refractivity contribution in [2.45, 2.75) is 71.6 Å². The summed E-state index contributed by atoms with van der Waals surface area (Å²) in [5.74, 6) is -0.247. The highest BCUT2D eigenvalue weighted by molar-refractivity contribution is 5.70. The summed E-state index contributed by atoms with van der Waals surface area (Å²) in [6.45, 7) is 7.80. The van der Waals surface area contributed by atoms with Crippen molar-refractivity contribution in [1.82, 2.24) is 5.32 Å². The van der Waals surface area contributed by atoms with Crippen molar-refractivity contribution in [3.05, 3.63) is 35.9 Å². The first-order valence-corrected chi connectivity index (χ1v) is 8.49. The molecule has 0 spiro atoms. The Balaban J connectivity index is 2.38. The average molecular weight is 335 g/mol. The third kappa shape index (κ3) is 9.18. The van der Waals surface area contributed by atoms with Gasteiger partial charge in [0.15, 0.2) is 0 Å². The maximum absolute atomic E-state index is 11.9. The Morgan fingerprint density at radius 2 is 1.79 bits per heavy atom. The van der Waals surface area contributed by atoms with Crippen molar-refractivity contribution in [1.29, 1.82) is 0 Å². The largest absolute Gasteiger partial charge is 0.460 e. The van der Waals surface area contributed by atoms with E-state index in [2.05, 4.69) is 5.32 Å². The molecule has 5 heteroatoms. The van der Waals surface area contributed by atoms with Crippen molar-refractivity contribution in [3.63, 3.8) is 0 Å². The summed E-state index contributed by atoms with van der Waals surface area (Å²) in [4.78, 5) is 23.7. The van der Waals surface area contributed by atoms with Crippen molar-refractivity contribution < 1.29 is 19.1 Å². The lowest BCUT2D eigenvalue weighted by atomic mass is 10.1. The van der Waals surface area contributed by atoms with E-state index in [9.17, 15) is 9.59 Å². The molecule has 1 rings (SSSR count). The fourth-order valence-corrected chi connectivity index (χ4v) is 2.25. The van der Waals surface area contributed by atoms with Crippen molar-refractivity contribution in [2.24, 2.45) is 0 Å². The molecule has 0 fully saturated rings. The van der Waals surface area contributed by atoms with E-state index < -0.39 is 11.7 Å². The van der Waals surface area contributed by atoms with Crippen molar-refractivity contribution >= 4 is 12.1 Å². The van der Waals surface area contributed by atoms with Gasteiger partial charge in [0.25, 0.3) is 0 Å². The lowest BCUT2D eigenvalue weighted by molar-refractivity contribution is -0.155. The molecular weight excluding hydrogens is 306 g/mol. The zero-order chi connectivity index (χ0) is 18.0. The van der Waals surface area contributed by atoms with E-state index in [4.69, 9.17) is 9.47 Å². The van der Waals surface area contributed by atoms with Gasteiger partial charge < -0.3 is 14.8 Å². The topological polar surface area (TPSA) is 64.6 Å². The minimum absolute atomic E-state index is 0.0919. The fraction of sp³-hybridized carbons (Fsp3) is 0.579. The Morgan fingerprint density at radius 3 is 2.38 bits per heavy atom. The normalized spacial score (nSPS) is 12.3. The Kier molecular flexibility index (Phi) is 8.30. The summed E-state index contributed by atoms with van der Waals surface area (Å²) < 4.78 is 10.5. The standard InChI is InChI=1S/C19H29NO4/c1-5-9-16(12-13-17(21)24-19(2,3)4)20-18(22)23-14-15-10-7-6-8-11-15/h6-8,10-11,16H,5,9,12-14H2,1-4H3,(H,20,22). The maximum Gasteiger partial charge on any atom is 0.407 e. The van der Waals surface area contributed by atoms with Crippen LogP contribution in [0.1, 0.15) is 58.9 Å². The first kappa shape index (κ1) is 20.0. The molecule has 134 valence electrons. The van der Waals surface area contributed by atoms with Crippen LogP contribution in [0.3, 0.4) is 0 Å². The second kappa shape index (κ2) is 9.96. The molecule has 0 heterocycles. The number of rotatable bonds is 8. The van der Waals surface area contributed by atoms with Crippen LogP contribution < -0.4 is 5.32 Å². The Bertz CT molecular complexity index is 508. The first-order chi connectivity index (χ1) is 11.3. The minimum atomic E-state index is -0.487. The summed E-state index contributed by atoms with van der Waals surface area (Å²) in [6, 6.07) is 9.43. The number of alkyl carbamates (subject to hydrolysis) is 1. The number of carbonyl (C=O) groups excluding carboxylic acids is 2. The molecule has 1 amide bonds. The molecular formula is C19H29NO4. The molecule has 0 saturated heterocycles. The molecule has 0 aromatic heterocycles. The van der Waals surface area contributed by atoms with Gasteiger partial charge in [0.05, 0.1) is 0 Å². The zero-order valence-corrected chi connectivity index (χ0v) is 15.1. The molecule has 0 saturated carbocycles. The molecule has 0 aliphatic heterocycles. The van der Waals surface area contributed by atoms with Gasteiger partial charge in [-0.15, -0.1) is 0 Å². The second-order valence-electron chi connectivity index (χ2n) is 6.82. The van der Waals surface area contributed by atoms with E-state index in [0.717, 1.165) is 18.4 Å². The predicted octanol–water partition coefficient (Wildman–Crippen LogP) is 4.20. The number of ether oxygens (including phenoxy) is 2. The Hall–Kier alpha value is -2.04. The third-order valence-electron chi connectivity index (χ3n) is 3.29. The number of benzene rings is 1. The van der Waals surface area contributed by atoms with E-state index in [-0.39, 0.29) is 25.0 Å². The lowest BCUT2D eigenvalue weighted by Gasteiger charge is -2.21. The molecule has 24 heavy (non-hydrogen) atoms. The minimum Gasteiger partial charge on any atom is -0.460 e. The van der Waals surface area contributed by atoms with Gasteiger partial charge in [-0.05, 0) is 39.2 Å². The monoisotopic (exact) mass is 335 g/mol. The summed E-state index contributed by atoms with van der Waals surface area (Å²) in [6.07, 6.45) is 2.08. The molecule has 0 aliphatic rings. The predicted molar refractivity (Wildman–Crippen MR) is 93.5 cm³/mol. The van der Waals surface area contributed by atoms with Gasteiger partial charge in [-0.3, -0.25) is 4.79 Å². The molecule has 1 aromatic rings.